The quantitative estimate of drug-likeness (QED) is 0.864. The molecule has 94 valence electrons. The number of ether oxygens (including phenoxy) is 1. The third-order valence-electron chi connectivity index (χ3n) is 3.24. The minimum absolute atomic E-state index is 0.0311. The van der Waals surface area contributed by atoms with Crippen molar-refractivity contribution in [3.05, 3.63) is 34.9 Å². The fraction of sp³-hybridized carbons (Fsp3) is 0.538. The zero-order valence-corrected chi connectivity index (χ0v) is 9.75. The molecule has 2 atom stereocenters. The molecule has 2 unspecified atom stereocenters. The topological polar surface area (TPSA) is 29.5 Å². The summed E-state index contributed by atoms with van der Waals surface area (Å²) in [6, 6.07) is 2.21. The van der Waals surface area contributed by atoms with E-state index in [1.165, 1.54) is 6.92 Å². The Labute approximate surface area is 99.2 Å². The summed E-state index contributed by atoms with van der Waals surface area (Å²) in [6.07, 6.45) is 0.624. The average molecular weight is 242 g/mol. The molecule has 1 aliphatic heterocycles. The van der Waals surface area contributed by atoms with Crippen molar-refractivity contribution in [3.8, 4) is 0 Å². The Kier molecular flexibility index (Phi) is 3.74. The second-order valence-electron chi connectivity index (χ2n) is 4.54. The molecule has 0 saturated carbocycles. The molecule has 0 aromatic heterocycles. The Bertz CT molecular complexity index is 401. The molecular formula is C13H16F2O2. The average Bonchev–Trinajstić information content (AvgIpc) is 2.34. The molecule has 1 saturated heterocycles. The zero-order valence-electron chi connectivity index (χ0n) is 9.75. The van der Waals surface area contributed by atoms with Gasteiger partial charge in [0.2, 0.25) is 0 Å². The number of aryl methyl sites for hydroxylation is 1. The van der Waals surface area contributed by atoms with Crippen molar-refractivity contribution in [2.75, 3.05) is 13.2 Å². The molecule has 0 amide bonds. The third-order valence-corrected chi connectivity index (χ3v) is 3.24. The van der Waals surface area contributed by atoms with Crippen molar-refractivity contribution in [2.24, 2.45) is 5.92 Å². The molecule has 0 bridgehead atoms. The monoisotopic (exact) mass is 242 g/mol. The second-order valence-corrected chi connectivity index (χ2v) is 4.54. The van der Waals surface area contributed by atoms with E-state index < -0.39 is 17.7 Å². The normalized spacial score (nSPS) is 22.5. The van der Waals surface area contributed by atoms with E-state index in [1.807, 2.05) is 0 Å². The first kappa shape index (κ1) is 12.5. The first-order valence-electron chi connectivity index (χ1n) is 5.81. The summed E-state index contributed by atoms with van der Waals surface area (Å²) in [6.45, 7) is 2.57. The number of aliphatic hydroxyl groups excluding tert-OH is 1. The molecule has 4 heteroatoms. The second kappa shape index (κ2) is 5.10. The zero-order chi connectivity index (χ0) is 12.4. The molecule has 1 aromatic rings. The first-order chi connectivity index (χ1) is 8.09. The maximum Gasteiger partial charge on any atom is 0.129 e. The van der Waals surface area contributed by atoms with Crippen LogP contribution in [-0.2, 0) is 4.74 Å². The lowest BCUT2D eigenvalue weighted by Gasteiger charge is -2.27. The van der Waals surface area contributed by atoms with Crippen LogP contribution in [0.25, 0.3) is 0 Å². The Hall–Kier alpha value is -1.00. The maximum absolute atomic E-state index is 13.7. The van der Waals surface area contributed by atoms with Gasteiger partial charge >= 0.3 is 0 Å². The predicted molar refractivity (Wildman–Crippen MR) is 59.6 cm³/mol. The molecule has 1 fully saturated rings. The summed E-state index contributed by atoms with van der Waals surface area (Å²) in [4.78, 5) is 0. The predicted octanol–water partition coefficient (Wildman–Crippen LogP) is 2.73. The van der Waals surface area contributed by atoms with Gasteiger partial charge in [0.15, 0.2) is 0 Å². The minimum atomic E-state index is -0.995. The molecule has 0 spiro atoms. The van der Waals surface area contributed by atoms with Crippen LogP contribution in [-0.4, -0.2) is 18.3 Å². The van der Waals surface area contributed by atoms with Crippen LogP contribution < -0.4 is 0 Å². The van der Waals surface area contributed by atoms with E-state index in [0.29, 0.717) is 13.2 Å². The summed E-state index contributed by atoms with van der Waals surface area (Å²) in [5, 5.41) is 10.1. The van der Waals surface area contributed by atoms with E-state index >= 15 is 0 Å². The van der Waals surface area contributed by atoms with Crippen LogP contribution in [0.2, 0.25) is 0 Å². The van der Waals surface area contributed by atoms with Gasteiger partial charge in [-0.05, 0) is 37.5 Å². The van der Waals surface area contributed by atoms with Crippen molar-refractivity contribution in [1.29, 1.82) is 0 Å². The number of halogens is 2. The van der Waals surface area contributed by atoms with Gasteiger partial charge in [-0.15, -0.1) is 0 Å². The number of hydrogen-bond acceptors (Lipinski definition) is 2. The summed E-state index contributed by atoms with van der Waals surface area (Å²) >= 11 is 0. The van der Waals surface area contributed by atoms with Crippen molar-refractivity contribution < 1.29 is 18.6 Å². The highest BCUT2D eigenvalue weighted by Crippen LogP contribution is 2.31. The fourth-order valence-electron chi connectivity index (χ4n) is 2.16. The van der Waals surface area contributed by atoms with E-state index in [2.05, 4.69) is 0 Å². The molecule has 0 radical (unpaired) electrons. The van der Waals surface area contributed by atoms with Crippen LogP contribution in [0, 0.1) is 24.5 Å². The largest absolute Gasteiger partial charge is 0.388 e. The summed E-state index contributed by atoms with van der Waals surface area (Å²) in [5.74, 6) is -1.19. The lowest BCUT2D eigenvalue weighted by molar-refractivity contribution is -0.0113. The lowest BCUT2D eigenvalue weighted by Crippen LogP contribution is -2.24. The Balaban J connectivity index is 2.23. The molecule has 1 heterocycles. The standard InChI is InChI=1S/C13H16F2O2/c1-8-5-12(15)10(6-11(8)14)13(16)9-3-2-4-17-7-9/h5-6,9,13,16H,2-4,7H2,1H3. The molecular weight excluding hydrogens is 226 g/mol. The summed E-state index contributed by atoms with van der Waals surface area (Å²) in [5.41, 5.74) is 0.280. The number of aliphatic hydroxyl groups is 1. The van der Waals surface area contributed by atoms with E-state index in [9.17, 15) is 13.9 Å². The van der Waals surface area contributed by atoms with Gasteiger partial charge in [-0.25, -0.2) is 8.78 Å². The number of benzene rings is 1. The van der Waals surface area contributed by atoms with Crippen LogP contribution in [0.4, 0.5) is 8.78 Å². The smallest absolute Gasteiger partial charge is 0.129 e. The third kappa shape index (κ3) is 2.64. The minimum Gasteiger partial charge on any atom is -0.388 e. The van der Waals surface area contributed by atoms with Gasteiger partial charge in [0, 0.05) is 18.1 Å². The molecule has 0 aliphatic carbocycles. The summed E-state index contributed by atoms with van der Waals surface area (Å²) < 4.78 is 32.3. The van der Waals surface area contributed by atoms with Gasteiger partial charge in [-0.3, -0.25) is 0 Å². The molecule has 1 aromatic carbocycles. The highest BCUT2D eigenvalue weighted by molar-refractivity contribution is 5.27. The van der Waals surface area contributed by atoms with Gasteiger partial charge in [0.25, 0.3) is 0 Å². The van der Waals surface area contributed by atoms with Crippen molar-refractivity contribution in [2.45, 2.75) is 25.9 Å². The van der Waals surface area contributed by atoms with Gasteiger partial charge in [0.05, 0.1) is 12.7 Å². The van der Waals surface area contributed by atoms with Crippen LogP contribution in [0.5, 0.6) is 0 Å². The Morgan fingerprint density at radius 1 is 1.35 bits per heavy atom. The van der Waals surface area contributed by atoms with Gasteiger partial charge in [-0.2, -0.15) is 0 Å². The first-order valence-corrected chi connectivity index (χ1v) is 5.81. The maximum atomic E-state index is 13.7. The Morgan fingerprint density at radius 3 is 2.76 bits per heavy atom. The van der Waals surface area contributed by atoms with Gasteiger partial charge < -0.3 is 9.84 Å². The van der Waals surface area contributed by atoms with E-state index in [-0.39, 0.29) is 17.0 Å². The van der Waals surface area contributed by atoms with E-state index in [4.69, 9.17) is 4.74 Å². The summed E-state index contributed by atoms with van der Waals surface area (Å²) in [7, 11) is 0. The van der Waals surface area contributed by atoms with E-state index in [1.54, 1.807) is 0 Å². The molecule has 17 heavy (non-hydrogen) atoms. The van der Waals surface area contributed by atoms with E-state index in [0.717, 1.165) is 25.0 Å². The van der Waals surface area contributed by atoms with Crippen LogP contribution in [0.1, 0.15) is 30.1 Å². The highest BCUT2D eigenvalue weighted by atomic mass is 19.1. The highest BCUT2D eigenvalue weighted by Gasteiger charge is 2.26. The Morgan fingerprint density at radius 2 is 2.12 bits per heavy atom. The van der Waals surface area contributed by atoms with Crippen molar-refractivity contribution in [1.82, 2.24) is 0 Å². The van der Waals surface area contributed by atoms with Gasteiger partial charge in [-0.1, -0.05) is 0 Å². The van der Waals surface area contributed by atoms with Gasteiger partial charge in [0.1, 0.15) is 11.6 Å². The number of hydrogen-bond donors (Lipinski definition) is 1. The SMILES string of the molecule is Cc1cc(F)c(C(O)C2CCCOC2)cc1F. The molecule has 2 rings (SSSR count). The van der Waals surface area contributed by atoms with Crippen molar-refractivity contribution in [3.63, 3.8) is 0 Å². The van der Waals surface area contributed by atoms with Crippen molar-refractivity contribution >= 4 is 0 Å². The van der Waals surface area contributed by atoms with Crippen LogP contribution >= 0.6 is 0 Å². The van der Waals surface area contributed by atoms with Crippen LogP contribution in [0.15, 0.2) is 12.1 Å². The molecule has 2 nitrogen and oxygen atoms in total. The lowest BCUT2D eigenvalue weighted by atomic mass is 9.90. The fourth-order valence-corrected chi connectivity index (χ4v) is 2.16. The van der Waals surface area contributed by atoms with Crippen LogP contribution in [0.3, 0.4) is 0 Å². The molecule has 1 aliphatic rings. The molecule has 1 N–H and O–H groups in total. The number of rotatable bonds is 2.